The highest BCUT2D eigenvalue weighted by Gasteiger charge is 2.46. The third-order valence-electron chi connectivity index (χ3n) is 5.09. The zero-order valence-corrected chi connectivity index (χ0v) is 17.1. The maximum absolute atomic E-state index is 12.8. The van der Waals surface area contributed by atoms with E-state index in [1.54, 1.807) is 6.08 Å². The first-order chi connectivity index (χ1) is 13.2. The topological polar surface area (TPSA) is 90.6 Å². The highest BCUT2D eigenvalue weighted by Crippen LogP contribution is 2.43. The molecule has 0 radical (unpaired) electrons. The molecule has 1 aliphatic rings. The summed E-state index contributed by atoms with van der Waals surface area (Å²) in [4.78, 5) is 24.6. The van der Waals surface area contributed by atoms with Gasteiger partial charge < -0.3 is 20.5 Å². The van der Waals surface area contributed by atoms with Gasteiger partial charge in [0.05, 0.1) is 0 Å². The molecule has 0 aliphatic heterocycles. The van der Waals surface area contributed by atoms with Crippen molar-refractivity contribution in [3.63, 3.8) is 0 Å². The Balaban J connectivity index is 2.16. The van der Waals surface area contributed by atoms with Crippen LogP contribution in [0.5, 0.6) is 0 Å². The van der Waals surface area contributed by atoms with E-state index in [-0.39, 0.29) is 6.10 Å². The predicted molar refractivity (Wildman–Crippen MR) is 109 cm³/mol. The normalized spacial score (nSPS) is 23.4. The number of nitrogens with two attached hydrogens (primary N) is 1. The van der Waals surface area contributed by atoms with Crippen molar-refractivity contribution in [2.24, 2.45) is 5.73 Å². The minimum absolute atomic E-state index is 0.201. The SMILES string of the molecule is C=CCNC(=O)OC1CCC(c2ccccc2)(C(N)C(=O)OC(C)(C)C)CC1. The number of carbonyl (C=O) groups is 2. The van der Waals surface area contributed by atoms with Crippen molar-refractivity contribution in [2.75, 3.05) is 6.54 Å². The molecule has 0 spiro atoms. The lowest BCUT2D eigenvalue weighted by Crippen LogP contribution is -2.54. The van der Waals surface area contributed by atoms with E-state index >= 15 is 0 Å². The van der Waals surface area contributed by atoms with Gasteiger partial charge in [-0.3, -0.25) is 4.79 Å². The van der Waals surface area contributed by atoms with Gasteiger partial charge in [-0.15, -0.1) is 6.58 Å². The van der Waals surface area contributed by atoms with Crippen LogP contribution in [0.1, 0.15) is 52.0 Å². The Bertz CT molecular complexity index is 674. The van der Waals surface area contributed by atoms with Crippen LogP contribution in [-0.2, 0) is 19.7 Å². The number of esters is 1. The molecule has 28 heavy (non-hydrogen) atoms. The summed E-state index contributed by atoms with van der Waals surface area (Å²) in [6, 6.07) is 9.05. The van der Waals surface area contributed by atoms with Gasteiger partial charge in [-0.2, -0.15) is 0 Å². The Morgan fingerprint density at radius 3 is 2.43 bits per heavy atom. The van der Waals surface area contributed by atoms with Crippen LogP contribution in [-0.4, -0.2) is 36.4 Å². The van der Waals surface area contributed by atoms with E-state index in [0.717, 1.165) is 5.56 Å². The maximum Gasteiger partial charge on any atom is 0.407 e. The second kappa shape index (κ2) is 9.24. The molecule has 1 saturated carbocycles. The Labute approximate surface area is 167 Å². The summed E-state index contributed by atoms with van der Waals surface area (Å²) in [5.74, 6) is -0.403. The van der Waals surface area contributed by atoms with Gasteiger partial charge >= 0.3 is 12.1 Å². The van der Waals surface area contributed by atoms with Crippen molar-refractivity contribution in [3.05, 3.63) is 48.6 Å². The van der Waals surface area contributed by atoms with Gasteiger partial charge in [0.25, 0.3) is 0 Å². The van der Waals surface area contributed by atoms with E-state index in [0.29, 0.717) is 32.2 Å². The third kappa shape index (κ3) is 5.58. The fourth-order valence-electron chi connectivity index (χ4n) is 3.71. The molecule has 3 N–H and O–H groups in total. The summed E-state index contributed by atoms with van der Waals surface area (Å²) in [7, 11) is 0. The second-order valence-corrected chi connectivity index (χ2v) is 8.31. The Morgan fingerprint density at radius 2 is 1.89 bits per heavy atom. The summed E-state index contributed by atoms with van der Waals surface area (Å²) in [6.45, 7) is 9.43. The van der Waals surface area contributed by atoms with Gasteiger partial charge in [0, 0.05) is 12.0 Å². The summed E-state index contributed by atoms with van der Waals surface area (Å²) in [5.41, 5.74) is 6.35. The van der Waals surface area contributed by atoms with Crippen LogP contribution in [0, 0.1) is 0 Å². The number of rotatable bonds is 6. The lowest BCUT2D eigenvalue weighted by molar-refractivity contribution is -0.159. The van der Waals surface area contributed by atoms with Gasteiger partial charge in [0.15, 0.2) is 0 Å². The number of carbonyl (C=O) groups excluding carboxylic acids is 2. The third-order valence-corrected chi connectivity index (χ3v) is 5.09. The Hall–Kier alpha value is -2.34. The van der Waals surface area contributed by atoms with Crippen molar-refractivity contribution in [3.8, 4) is 0 Å². The van der Waals surface area contributed by atoms with Crippen LogP contribution < -0.4 is 11.1 Å². The number of hydrogen-bond acceptors (Lipinski definition) is 5. The molecule has 0 bridgehead atoms. The van der Waals surface area contributed by atoms with E-state index in [1.165, 1.54) is 0 Å². The fourth-order valence-corrected chi connectivity index (χ4v) is 3.71. The number of ether oxygens (including phenoxy) is 2. The van der Waals surface area contributed by atoms with Gasteiger partial charge in [-0.05, 0) is 52.0 Å². The Morgan fingerprint density at radius 1 is 1.29 bits per heavy atom. The minimum Gasteiger partial charge on any atom is -0.459 e. The lowest BCUT2D eigenvalue weighted by atomic mass is 9.64. The van der Waals surface area contributed by atoms with Crippen LogP contribution in [0.25, 0.3) is 0 Å². The first-order valence-corrected chi connectivity index (χ1v) is 9.77. The van der Waals surface area contributed by atoms with Crippen molar-refractivity contribution >= 4 is 12.1 Å². The summed E-state index contributed by atoms with van der Waals surface area (Å²) in [5, 5.41) is 2.62. The van der Waals surface area contributed by atoms with Gasteiger partial charge in [-0.25, -0.2) is 4.79 Å². The van der Waals surface area contributed by atoms with E-state index in [2.05, 4.69) is 11.9 Å². The molecule has 1 fully saturated rings. The zero-order valence-electron chi connectivity index (χ0n) is 17.1. The quantitative estimate of drug-likeness (QED) is 0.575. The number of nitrogens with one attached hydrogen (secondary N) is 1. The molecule has 6 nitrogen and oxygen atoms in total. The minimum atomic E-state index is -0.787. The highest BCUT2D eigenvalue weighted by atomic mass is 16.6. The Kier molecular flexibility index (Phi) is 7.24. The first kappa shape index (κ1) is 22.0. The monoisotopic (exact) mass is 388 g/mol. The van der Waals surface area contributed by atoms with E-state index < -0.39 is 29.1 Å². The van der Waals surface area contributed by atoms with Gasteiger partial charge in [-0.1, -0.05) is 36.4 Å². The predicted octanol–water partition coefficient (Wildman–Crippen LogP) is 3.45. The summed E-state index contributed by atoms with van der Waals surface area (Å²) in [6.07, 6.45) is 3.48. The number of benzene rings is 1. The van der Waals surface area contributed by atoms with Crippen molar-refractivity contribution in [2.45, 2.75) is 69.6 Å². The molecule has 1 atom stereocenters. The van der Waals surface area contributed by atoms with E-state index in [9.17, 15) is 9.59 Å². The molecule has 0 heterocycles. The van der Waals surface area contributed by atoms with Gasteiger partial charge in [0.2, 0.25) is 0 Å². The van der Waals surface area contributed by atoms with E-state index in [4.69, 9.17) is 15.2 Å². The molecular formula is C22H32N2O4. The summed E-state index contributed by atoms with van der Waals surface area (Å²) >= 11 is 0. The first-order valence-electron chi connectivity index (χ1n) is 9.77. The molecule has 0 aromatic heterocycles. The van der Waals surface area contributed by atoms with Crippen LogP contribution in [0.3, 0.4) is 0 Å². The van der Waals surface area contributed by atoms with Crippen LogP contribution >= 0.6 is 0 Å². The van der Waals surface area contributed by atoms with Crippen LogP contribution in [0.2, 0.25) is 0 Å². The highest BCUT2D eigenvalue weighted by molar-refractivity contribution is 5.78. The number of alkyl carbamates (subject to hydrolysis) is 1. The van der Waals surface area contributed by atoms with Crippen molar-refractivity contribution in [1.82, 2.24) is 5.32 Å². The summed E-state index contributed by atoms with van der Waals surface area (Å²) < 4.78 is 11.1. The zero-order chi connectivity index (χ0) is 20.8. The van der Waals surface area contributed by atoms with E-state index in [1.807, 2.05) is 51.1 Å². The van der Waals surface area contributed by atoms with Crippen LogP contribution in [0.4, 0.5) is 4.79 Å². The molecule has 0 saturated heterocycles. The molecule has 1 aliphatic carbocycles. The largest absolute Gasteiger partial charge is 0.459 e. The van der Waals surface area contributed by atoms with Crippen molar-refractivity contribution < 1.29 is 19.1 Å². The lowest BCUT2D eigenvalue weighted by Gasteiger charge is -2.43. The molecule has 1 amide bonds. The van der Waals surface area contributed by atoms with Crippen molar-refractivity contribution in [1.29, 1.82) is 0 Å². The maximum atomic E-state index is 12.8. The standard InChI is InChI=1S/C22H32N2O4/c1-5-15-24-20(26)27-17-11-13-22(14-12-17,16-9-7-6-8-10-16)18(23)19(25)28-21(2,3)4/h5-10,17-18H,1,11-15,23H2,2-4H3,(H,24,26). The van der Waals surface area contributed by atoms with Crippen LogP contribution in [0.15, 0.2) is 43.0 Å². The second-order valence-electron chi connectivity index (χ2n) is 8.31. The number of amides is 1. The number of hydrogen-bond donors (Lipinski definition) is 2. The van der Waals surface area contributed by atoms with Gasteiger partial charge in [0.1, 0.15) is 17.7 Å². The average molecular weight is 389 g/mol. The molecule has 2 rings (SSSR count). The molecule has 6 heteroatoms. The fraction of sp³-hybridized carbons (Fsp3) is 0.545. The average Bonchev–Trinajstić information content (AvgIpc) is 2.66. The smallest absolute Gasteiger partial charge is 0.407 e. The molecule has 1 aromatic carbocycles. The molecule has 154 valence electrons. The molecular weight excluding hydrogens is 356 g/mol. The molecule has 1 aromatic rings. The molecule has 1 unspecified atom stereocenters.